The molecule has 1 unspecified atom stereocenters. The van der Waals surface area contributed by atoms with Gasteiger partial charge >= 0.3 is 0 Å². The van der Waals surface area contributed by atoms with Crippen molar-refractivity contribution in [3.63, 3.8) is 0 Å². The minimum absolute atomic E-state index is 0.0791. The Morgan fingerprint density at radius 2 is 1.82 bits per heavy atom. The number of hydrogen-bond donors (Lipinski definition) is 2. The maximum Gasteiger partial charge on any atom is 0.249 e. The first-order valence-electron chi connectivity index (χ1n) is 12.7. The molecule has 1 aromatic heterocycles. The Labute approximate surface area is 222 Å². The first kappa shape index (κ1) is 28.7. The van der Waals surface area contributed by atoms with E-state index in [0.29, 0.717) is 67.5 Å². The zero-order chi connectivity index (χ0) is 28.2. The van der Waals surface area contributed by atoms with E-state index in [1.807, 2.05) is 0 Å². The molecule has 0 saturated carbocycles. The van der Waals surface area contributed by atoms with Crippen molar-refractivity contribution in [3.05, 3.63) is 70.9 Å². The van der Waals surface area contributed by atoms with Crippen molar-refractivity contribution >= 4 is 16.8 Å². The van der Waals surface area contributed by atoms with Crippen LogP contribution in [0.1, 0.15) is 49.4 Å². The summed E-state index contributed by atoms with van der Waals surface area (Å²) in [6, 6.07) is 6.74. The Morgan fingerprint density at radius 1 is 1.13 bits per heavy atom. The van der Waals surface area contributed by atoms with Crippen molar-refractivity contribution in [2.45, 2.75) is 44.7 Å². The number of aryl methyl sites for hydroxylation is 1. The molecular weight excluding hydrogens is 521 g/mol. The van der Waals surface area contributed by atoms with Crippen LogP contribution in [-0.2, 0) is 11.2 Å². The van der Waals surface area contributed by atoms with Gasteiger partial charge in [-0.3, -0.25) is 15.0 Å². The molecule has 0 spiro atoms. The minimum Gasteiger partial charge on any atom is -0.497 e. The molecule has 2 heterocycles. The second kappa shape index (κ2) is 12.3. The van der Waals surface area contributed by atoms with Crippen molar-refractivity contribution in [2.75, 3.05) is 26.7 Å². The van der Waals surface area contributed by atoms with Crippen LogP contribution in [0, 0.1) is 28.7 Å². The van der Waals surface area contributed by atoms with E-state index >= 15 is 4.39 Å². The lowest BCUT2D eigenvalue weighted by molar-refractivity contribution is -0.143. The van der Waals surface area contributed by atoms with Gasteiger partial charge in [-0.25, -0.2) is 27.4 Å². The number of hydrogen-bond acceptors (Lipinski definition) is 5. The second-order valence-electron chi connectivity index (χ2n) is 9.95. The molecule has 1 saturated heterocycles. The molecule has 1 aliphatic heterocycles. The van der Waals surface area contributed by atoms with E-state index < -0.39 is 40.8 Å². The smallest absolute Gasteiger partial charge is 0.249 e. The molecule has 1 aliphatic rings. The number of methoxy groups -OCH3 is 1. The lowest BCUT2D eigenvalue weighted by Gasteiger charge is -2.40. The predicted molar refractivity (Wildman–Crippen MR) is 134 cm³/mol. The molecular formula is C28H30F5N3O3. The number of likely N-dealkylation sites (tertiary alicyclic amines) is 1. The number of carbonyl (C=O) groups excluding carboxylic acids is 1. The average Bonchev–Trinajstić information content (AvgIpc) is 2.94. The van der Waals surface area contributed by atoms with Crippen LogP contribution >= 0.6 is 0 Å². The number of aromatic nitrogens is 1. The summed E-state index contributed by atoms with van der Waals surface area (Å²) in [6.07, 6.45) is 0.734. The number of benzene rings is 2. The highest BCUT2D eigenvalue weighted by Crippen LogP contribution is 2.41. The van der Waals surface area contributed by atoms with E-state index in [0.717, 1.165) is 18.3 Å². The highest BCUT2D eigenvalue weighted by Gasteiger charge is 2.41. The Bertz CT molecular complexity index is 1310. The monoisotopic (exact) mass is 551 g/mol. The number of hydroxylamine groups is 1. The van der Waals surface area contributed by atoms with Gasteiger partial charge in [0.15, 0.2) is 17.5 Å². The molecule has 39 heavy (non-hydrogen) atoms. The Morgan fingerprint density at radius 3 is 2.46 bits per heavy atom. The zero-order valence-electron chi connectivity index (χ0n) is 21.5. The van der Waals surface area contributed by atoms with Gasteiger partial charge in [0.05, 0.1) is 24.2 Å². The number of halogens is 5. The van der Waals surface area contributed by atoms with E-state index in [1.54, 1.807) is 17.6 Å². The van der Waals surface area contributed by atoms with Crippen LogP contribution in [0.5, 0.6) is 5.75 Å². The van der Waals surface area contributed by atoms with Crippen LogP contribution in [0.25, 0.3) is 10.9 Å². The number of nitrogens with zero attached hydrogens (tertiary/aromatic N) is 2. The Hall–Kier alpha value is -3.31. The summed E-state index contributed by atoms with van der Waals surface area (Å²) >= 11 is 0. The summed E-state index contributed by atoms with van der Waals surface area (Å²) < 4.78 is 75.5. The molecule has 1 amide bonds. The van der Waals surface area contributed by atoms with E-state index in [4.69, 9.17) is 4.74 Å². The predicted octanol–water partition coefficient (Wildman–Crippen LogP) is 5.81. The van der Waals surface area contributed by atoms with Gasteiger partial charge in [-0.15, -0.1) is 0 Å². The second-order valence-corrected chi connectivity index (χ2v) is 9.95. The number of piperidine rings is 1. The third-order valence-electron chi connectivity index (χ3n) is 7.64. The fourth-order valence-corrected chi connectivity index (χ4v) is 5.33. The van der Waals surface area contributed by atoms with Gasteiger partial charge in [0, 0.05) is 10.9 Å². The summed E-state index contributed by atoms with van der Waals surface area (Å²) in [6.45, 7) is 1.51. The van der Waals surface area contributed by atoms with E-state index in [-0.39, 0.29) is 18.4 Å². The van der Waals surface area contributed by atoms with Crippen LogP contribution in [0.4, 0.5) is 22.0 Å². The molecule has 0 bridgehead atoms. The molecule has 0 aliphatic carbocycles. The largest absolute Gasteiger partial charge is 0.497 e. The first-order chi connectivity index (χ1) is 18.7. The third kappa shape index (κ3) is 6.30. The number of pyridine rings is 1. The van der Waals surface area contributed by atoms with Crippen LogP contribution < -0.4 is 10.2 Å². The van der Waals surface area contributed by atoms with Crippen molar-refractivity contribution in [1.29, 1.82) is 0 Å². The normalized spacial score (nSPS) is 16.3. The van der Waals surface area contributed by atoms with Gasteiger partial charge in [-0.05, 0) is 94.1 Å². The van der Waals surface area contributed by atoms with E-state index in [2.05, 4.69) is 9.88 Å². The van der Waals surface area contributed by atoms with Gasteiger partial charge < -0.3 is 9.64 Å². The topological polar surface area (TPSA) is 74.7 Å². The van der Waals surface area contributed by atoms with Crippen molar-refractivity contribution in [1.82, 2.24) is 15.4 Å². The number of amides is 1. The summed E-state index contributed by atoms with van der Waals surface area (Å²) in [4.78, 5) is 18.8. The van der Waals surface area contributed by atoms with Crippen molar-refractivity contribution in [3.8, 4) is 5.75 Å². The molecule has 2 aromatic carbocycles. The maximum absolute atomic E-state index is 15.6. The number of fused-ring (bicyclic) bond motifs is 1. The van der Waals surface area contributed by atoms with Crippen LogP contribution in [0.3, 0.4) is 0 Å². The van der Waals surface area contributed by atoms with E-state index in [9.17, 15) is 27.6 Å². The van der Waals surface area contributed by atoms with Gasteiger partial charge in [0.1, 0.15) is 17.7 Å². The summed E-state index contributed by atoms with van der Waals surface area (Å²) in [5.74, 6) is -4.93. The quantitative estimate of drug-likeness (QED) is 0.144. The summed E-state index contributed by atoms with van der Waals surface area (Å²) in [7, 11) is 1.45. The minimum atomic E-state index is -1.72. The highest BCUT2D eigenvalue weighted by molar-refractivity contribution is 5.84. The van der Waals surface area contributed by atoms with E-state index in [1.165, 1.54) is 13.2 Å². The Kier molecular flexibility index (Phi) is 9.01. The third-order valence-corrected chi connectivity index (χ3v) is 7.64. The molecule has 1 atom stereocenters. The average molecular weight is 552 g/mol. The number of carbonyl (C=O) groups is 1. The lowest BCUT2D eigenvalue weighted by Crippen LogP contribution is -2.48. The fourth-order valence-electron chi connectivity index (χ4n) is 5.33. The van der Waals surface area contributed by atoms with Crippen molar-refractivity contribution < 1.29 is 36.7 Å². The highest BCUT2D eigenvalue weighted by atomic mass is 19.2. The molecule has 1 fully saturated rings. The molecule has 2 N–H and O–H groups in total. The number of ether oxygens (including phenoxy) is 1. The zero-order valence-corrected chi connectivity index (χ0v) is 21.5. The standard InChI is InChI=1S/C28H30F5N3O3/c1-39-18-4-5-24-19(15-18)25(23(32)16-34-24)20(29)6-7-28(27(37)35-38)8-11-36(12-9-28)10-2-3-17-13-21(30)26(33)22(31)14-17/h4-5,13-16,20,38H,2-3,6-12H2,1H3,(H,35,37). The van der Waals surface area contributed by atoms with Crippen LogP contribution in [0.15, 0.2) is 36.5 Å². The molecule has 6 nitrogen and oxygen atoms in total. The SMILES string of the molecule is COc1ccc2ncc(F)c(C(F)CCC3(C(=O)NO)CCN(CCCc4cc(F)c(F)c(F)c4)CC3)c2c1. The van der Waals surface area contributed by atoms with Gasteiger partial charge in [0.25, 0.3) is 0 Å². The summed E-state index contributed by atoms with van der Waals surface area (Å²) in [5.41, 5.74) is 1.27. The number of alkyl halides is 1. The van der Waals surface area contributed by atoms with Gasteiger partial charge in [0.2, 0.25) is 5.91 Å². The molecule has 210 valence electrons. The summed E-state index contributed by atoms with van der Waals surface area (Å²) in [5, 5.41) is 9.69. The number of nitrogens with one attached hydrogen (secondary N) is 1. The van der Waals surface area contributed by atoms with Gasteiger partial charge in [-0.1, -0.05) is 0 Å². The molecule has 4 rings (SSSR count). The lowest BCUT2D eigenvalue weighted by atomic mass is 9.73. The number of rotatable bonds is 10. The molecule has 11 heteroatoms. The molecule has 3 aromatic rings. The Balaban J connectivity index is 1.39. The van der Waals surface area contributed by atoms with Crippen molar-refractivity contribution in [2.24, 2.45) is 5.41 Å². The van der Waals surface area contributed by atoms with Crippen LogP contribution in [-0.4, -0.2) is 47.7 Å². The van der Waals surface area contributed by atoms with Crippen LogP contribution in [0.2, 0.25) is 0 Å². The molecule has 0 radical (unpaired) electrons. The fraction of sp³-hybridized carbons (Fsp3) is 0.429. The maximum atomic E-state index is 15.6. The van der Waals surface area contributed by atoms with Gasteiger partial charge in [-0.2, -0.15) is 0 Å². The first-order valence-corrected chi connectivity index (χ1v) is 12.7.